The largest absolute Gasteiger partial charge is 0.341 e. The van der Waals surface area contributed by atoms with Gasteiger partial charge in [-0.3, -0.25) is 4.79 Å². The topological polar surface area (TPSA) is 20.3 Å². The fraction of sp³-hybridized carbons (Fsp3) is 0.353. The summed E-state index contributed by atoms with van der Waals surface area (Å²) >= 11 is 0. The van der Waals surface area contributed by atoms with Crippen molar-refractivity contribution in [2.45, 2.75) is 13.3 Å². The number of fused-ring (bicyclic) bond motifs is 1. The minimum Gasteiger partial charge on any atom is -0.341 e. The van der Waals surface area contributed by atoms with Gasteiger partial charge >= 0.3 is 0 Å². The number of rotatable bonds is 3. The molecule has 3 heteroatoms. The van der Waals surface area contributed by atoms with E-state index < -0.39 is 0 Å². The molecule has 0 saturated heterocycles. The second-order valence-corrected chi connectivity index (χ2v) is 5.80. The first-order chi connectivity index (χ1) is 9.58. The van der Waals surface area contributed by atoms with Gasteiger partial charge < -0.3 is 4.90 Å². The number of hydrogen-bond donors (Lipinski definition) is 0. The van der Waals surface area contributed by atoms with Crippen LogP contribution in [0.3, 0.4) is 0 Å². The normalized spacial score (nSPS) is 20.9. The number of nitrogens with zero attached hydrogens (tertiary/aromatic N) is 1. The van der Waals surface area contributed by atoms with Gasteiger partial charge in [0, 0.05) is 24.5 Å². The molecule has 20 heavy (non-hydrogen) atoms. The molecule has 0 bridgehead atoms. The number of carbonyl (C=O) groups excluding carboxylic acids is 1. The van der Waals surface area contributed by atoms with Crippen LogP contribution in [0, 0.1) is 17.7 Å². The van der Waals surface area contributed by atoms with Gasteiger partial charge in [0.2, 0.25) is 0 Å². The standard InChI is InChI=1S/C17H18FNO/c1-11-9-12(11)10-19(2)17(20)15-7-8-16(18)14-6-4-3-5-13(14)15/h3-8,11-12H,9-10H2,1-2H3. The van der Waals surface area contributed by atoms with Crippen molar-refractivity contribution in [2.24, 2.45) is 11.8 Å². The fourth-order valence-corrected chi connectivity index (χ4v) is 2.74. The average Bonchev–Trinajstić information content (AvgIpc) is 3.14. The zero-order chi connectivity index (χ0) is 14.3. The summed E-state index contributed by atoms with van der Waals surface area (Å²) in [6.45, 7) is 2.99. The molecule has 0 aliphatic heterocycles. The Kier molecular flexibility index (Phi) is 3.20. The molecule has 0 aromatic heterocycles. The predicted molar refractivity (Wildman–Crippen MR) is 78.1 cm³/mol. The second kappa shape index (κ2) is 4.89. The van der Waals surface area contributed by atoms with E-state index in [1.165, 1.54) is 12.5 Å². The quantitative estimate of drug-likeness (QED) is 0.833. The van der Waals surface area contributed by atoms with E-state index in [0.29, 0.717) is 22.3 Å². The summed E-state index contributed by atoms with van der Waals surface area (Å²) in [5.41, 5.74) is 0.581. The summed E-state index contributed by atoms with van der Waals surface area (Å²) in [7, 11) is 1.82. The van der Waals surface area contributed by atoms with Crippen LogP contribution >= 0.6 is 0 Å². The van der Waals surface area contributed by atoms with E-state index in [1.54, 1.807) is 29.2 Å². The summed E-state index contributed by atoms with van der Waals surface area (Å²) in [6.07, 6.45) is 1.20. The highest BCUT2D eigenvalue weighted by Crippen LogP contribution is 2.38. The maximum absolute atomic E-state index is 13.8. The smallest absolute Gasteiger partial charge is 0.254 e. The molecule has 104 valence electrons. The van der Waals surface area contributed by atoms with Crippen LogP contribution in [0.2, 0.25) is 0 Å². The maximum Gasteiger partial charge on any atom is 0.254 e. The van der Waals surface area contributed by atoms with Gasteiger partial charge in [-0.15, -0.1) is 0 Å². The van der Waals surface area contributed by atoms with E-state index in [1.807, 2.05) is 13.1 Å². The molecule has 0 spiro atoms. The second-order valence-electron chi connectivity index (χ2n) is 5.80. The third-order valence-electron chi connectivity index (χ3n) is 4.23. The zero-order valence-corrected chi connectivity index (χ0v) is 11.8. The van der Waals surface area contributed by atoms with E-state index in [2.05, 4.69) is 6.92 Å². The molecule has 0 radical (unpaired) electrons. The Morgan fingerprint density at radius 3 is 2.55 bits per heavy atom. The molecule has 3 rings (SSSR count). The molecule has 2 aromatic rings. The Labute approximate surface area is 118 Å². The highest BCUT2D eigenvalue weighted by atomic mass is 19.1. The lowest BCUT2D eigenvalue weighted by Crippen LogP contribution is -2.29. The van der Waals surface area contributed by atoms with E-state index in [-0.39, 0.29) is 11.7 Å². The minimum atomic E-state index is -0.282. The maximum atomic E-state index is 13.8. The number of halogens is 1. The van der Waals surface area contributed by atoms with E-state index in [4.69, 9.17) is 0 Å². The molecule has 2 atom stereocenters. The molecular formula is C17H18FNO. The molecule has 2 nitrogen and oxygen atoms in total. The number of hydrogen-bond acceptors (Lipinski definition) is 1. The van der Waals surface area contributed by atoms with Crippen molar-refractivity contribution in [3.63, 3.8) is 0 Å². The van der Waals surface area contributed by atoms with Crippen molar-refractivity contribution in [3.05, 3.63) is 47.8 Å². The number of carbonyl (C=O) groups is 1. The van der Waals surface area contributed by atoms with E-state index >= 15 is 0 Å². The average molecular weight is 271 g/mol. The zero-order valence-electron chi connectivity index (χ0n) is 11.8. The van der Waals surface area contributed by atoms with Crippen LogP contribution in [0.1, 0.15) is 23.7 Å². The SMILES string of the molecule is CC1CC1CN(C)C(=O)c1ccc(F)c2ccccc12. The van der Waals surface area contributed by atoms with Crippen molar-refractivity contribution in [1.82, 2.24) is 4.90 Å². The molecule has 1 saturated carbocycles. The lowest BCUT2D eigenvalue weighted by atomic mass is 10.0. The first kappa shape index (κ1) is 13.1. The van der Waals surface area contributed by atoms with Crippen LogP contribution in [0.15, 0.2) is 36.4 Å². The van der Waals surface area contributed by atoms with Crippen molar-refractivity contribution in [1.29, 1.82) is 0 Å². The first-order valence-electron chi connectivity index (χ1n) is 7.00. The third kappa shape index (κ3) is 2.28. The number of benzene rings is 2. The lowest BCUT2D eigenvalue weighted by molar-refractivity contribution is 0.0789. The van der Waals surface area contributed by atoms with Gasteiger partial charge in [-0.2, -0.15) is 0 Å². The van der Waals surface area contributed by atoms with Gasteiger partial charge in [0.1, 0.15) is 5.82 Å². The van der Waals surface area contributed by atoms with Crippen molar-refractivity contribution < 1.29 is 9.18 Å². The van der Waals surface area contributed by atoms with E-state index in [0.717, 1.165) is 12.5 Å². The van der Waals surface area contributed by atoms with Crippen LogP contribution in [0.25, 0.3) is 10.8 Å². The van der Waals surface area contributed by atoms with Gasteiger partial charge in [0.15, 0.2) is 0 Å². The Balaban J connectivity index is 1.93. The Morgan fingerprint density at radius 1 is 1.25 bits per heavy atom. The van der Waals surface area contributed by atoms with Crippen molar-refractivity contribution in [3.8, 4) is 0 Å². The Morgan fingerprint density at radius 2 is 1.90 bits per heavy atom. The highest BCUT2D eigenvalue weighted by molar-refractivity contribution is 6.07. The molecular weight excluding hydrogens is 253 g/mol. The van der Waals surface area contributed by atoms with Crippen molar-refractivity contribution in [2.75, 3.05) is 13.6 Å². The van der Waals surface area contributed by atoms with Crippen LogP contribution in [-0.4, -0.2) is 24.4 Å². The molecule has 2 aromatic carbocycles. The summed E-state index contributed by atoms with van der Waals surface area (Å²) in [5, 5.41) is 1.19. The summed E-state index contributed by atoms with van der Waals surface area (Å²) in [6, 6.07) is 10.1. The molecule has 1 aliphatic rings. The fourth-order valence-electron chi connectivity index (χ4n) is 2.74. The Bertz CT molecular complexity index is 667. The van der Waals surface area contributed by atoms with Gasteiger partial charge in [0.05, 0.1) is 0 Å². The Hall–Kier alpha value is -1.90. The third-order valence-corrected chi connectivity index (χ3v) is 4.23. The van der Waals surface area contributed by atoms with Gasteiger partial charge in [0.25, 0.3) is 5.91 Å². The molecule has 0 heterocycles. The monoisotopic (exact) mass is 271 g/mol. The van der Waals surface area contributed by atoms with Gasteiger partial charge in [-0.1, -0.05) is 31.2 Å². The minimum absolute atomic E-state index is 0.0275. The van der Waals surface area contributed by atoms with Gasteiger partial charge in [-0.25, -0.2) is 4.39 Å². The summed E-state index contributed by atoms with van der Waals surface area (Å²) < 4.78 is 13.8. The van der Waals surface area contributed by atoms with Gasteiger partial charge in [-0.05, 0) is 35.8 Å². The van der Waals surface area contributed by atoms with Crippen molar-refractivity contribution >= 4 is 16.7 Å². The predicted octanol–water partition coefficient (Wildman–Crippen LogP) is 3.71. The first-order valence-corrected chi connectivity index (χ1v) is 7.00. The molecule has 0 N–H and O–H groups in total. The van der Waals surface area contributed by atoms with Crippen LogP contribution in [0.4, 0.5) is 4.39 Å². The molecule has 2 unspecified atom stereocenters. The van der Waals surface area contributed by atoms with Crippen LogP contribution < -0.4 is 0 Å². The lowest BCUT2D eigenvalue weighted by Gasteiger charge is -2.18. The van der Waals surface area contributed by atoms with E-state index in [9.17, 15) is 9.18 Å². The summed E-state index contributed by atoms with van der Waals surface area (Å²) in [4.78, 5) is 14.3. The van der Waals surface area contributed by atoms with Crippen LogP contribution in [0.5, 0.6) is 0 Å². The molecule has 1 aliphatic carbocycles. The van der Waals surface area contributed by atoms with Crippen LogP contribution in [-0.2, 0) is 0 Å². The molecule has 1 amide bonds. The molecule has 1 fully saturated rings. The number of amides is 1. The summed E-state index contributed by atoms with van der Waals surface area (Å²) in [5.74, 6) is 1.03. The highest BCUT2D eigenvalue weighted by Gasteiger charge is 2.34.